The van der Waals surface area contributed by atoms with Crippen LogP contribution in [0.5, 0.6) is 0 Å². The topological polar surface area (TPSA) is 48.8 Å². The molecule has 1 fully saturated rings. The number of azide groups is 1. The van der Waals surface area contributed by atoms with E-state index in [1.54, 1.807) is 0 Å². The molecule has 0 heterocycles. The molecule has 1 aromatic carbocycles. The highest BCUT2D eigenvalue weighted by Gasteiger charge is 2.34. The molecular weight excluding hydrogens is 198 g/mol. The third-order valence-corrected chi connectivity index (χ3v) is 3.70. The van der Waals surface area contributed by atoms with E-state index in [4.69, 9.17) is 5.53 Å². The summed E-state index contributed by atoms with van der Waals surface area (Å²) in [5.74, 6) is 0. The molecule has 0 saturated heterocycles. The molecule has 3 heteroatoms. The Bertz CT molecular complexity index is 373. The van der Waals surface area contributed by atoms with E-state index in [0.717, 1.165) is 6.42 Å². The highest BCUT2D eigenvalue weighted by Crippen LogP contribution is 2.43. The Balaban J connectivity index is 2.18. The number of hydrogen-bond acceptors (Lipinski definition) is 1. The van der Waals surface area contributed by atoms with Crippen LogP contribution in [0.15, 0.2) is 35.4 Å². The Labute approximate surface area is 96.1 Å². The average Bonchev–Trinajstić information content (AvgIpc) is 2.81. The zero-order chi connectivity index (χ0) is 11.3. The molecule has 0 bridgehead atoms. The molecule has 0 atom stereocenters. The maximum atomic E-state index is 8.35. The Hall–Kier alpha value is -1.47. The van der Waals surface area contributed by atoms with Crippen molar-refractivity contribution < 1.29 is 0 Å². The van der Waals surface area contributed by atoms with Crippen LogP contribution >= 0.6 is 0 Å². The van der Waals surface area contributed by atoms with Crippen LogP contribution in [0.3, 0.4) is 0 Å². The van der Waals surface area contributed by atoms with Crippen LogP contribution in [-0.2, 0) is 5.41 Å². The van der Waals surface area contributed by atoms with Gasteiger partial charge in [0.05, 0.1) is 0 Å². The Kier molecular flexibility index (Phi) is 3.47. The van der Waals surface area contributed by atoms with Gasteiger partial charge in [0.15, 0.2) is 0 Å². The van der Waals surface area contributed by atoms with E-state index >= 15 is 0 Å². The van der Waals surface area contributed by atoms with E-state index < -0.39 is 0 Å². The van der Waals surface area contributed by atoms with Gasteiger partial charge in [0.25, 0.3) is 0 Å². The molecule has 16 heavy (non-hydrogen) atoms. The first kappa shape index (κ1) is 11.0. The Morgan fingerprint density at radius 2 is 1.88 bits per heavy atom. The largest absolute Gasteiger partial charge is 0.0939 e. The maximum Gasteiger partial charge on any atom is 0.0266 e. The minimum absolute atomic E-state index is 0.273. The van der Waals surface area contributed by atoms with Crippen molar-refractivity contribution in [1.29, 1.82) is 0 Å². The fourth-order valence-electron chi connectivity index (χ4n) is 2.84. The van der Waals surface area contributed by atoms with Crippen LogP contribution in [0, 0.1) is 0 Å². The molecule has 1 aliphatic rings. The van der Waals surface area contributed by atoms with Gasteiger partial charge in [0, 0.05) is 11.5 Å². The van der Waals surface area contributed by atoms with Crippen molar-refractivity contribution >= 4 is 0 Å². The van der Waals surface area contributed by atoms with Gasteiger partial charge in [0.1, 0.15) is 0 Å². The van der Waals surface area contributed by atoms with E-state index in [2.05, 4.69) is 40.4 Å². The van der Waals surface area contributed by atoms with Gasteiger partial charge >= 0.3 is 0 Å². The van der Waals surface area contributed by atoms with E-state index in [1.807, 2.05) is 0 Å². The third kappa shape index (κ3) is 2.20. The van der Waals surface area contributed by atoms with Crippen LogP contribution in [0.1, 0.15) is 37.7 Å². The monoisotopic (exact) mass is 215 g/mol. The molecule has 0 aromatic heterocycles. The van der Waals surface area contributed by atoms with Crippen LogP contribution in [0.25, 0.3) is 10.4 Å². The van der Waals surface area contributed by atoms with Crippen LogP contribution < -0.4 is 0 Å². The van der Waals surface area contributed by atoms with Gasteiger partial charge in [-0.3, -0.25) is 0 Å². The zero-order valence-corrected chi connectivity index (χ0v) is 9.47. The van der Waals surface area contributed by atoms with Gasteiger partial charge < -0.3 is 0 Å². The third-order valence-electron chi connectivity index (χ3n) is 3.70. The first-order valence-corrected chi connectivity index (χ1v) is 5.94. The minimum atomic E-state index is 0.273. The number of rotatable bonds is 4. The molecule has 84 valence electrons. The minimum Gasteiger partial charge on any atom is -0.0939 e. The lowest BCUT2D eigenvalue weighted by molar-refractivity contribution is 0.412. The first-order chi connectivity index (χ1) is 7.87. The van der Waals surface area contributed by atoms with E-state index in [9.17, 15) is 0 Å². The number of nitrogens with zero attached hydrogens (tertiary/aromatic N) is 3. The molecule has 0 amide bonds. The smallest absolute Gasteiger partial charge is 0.0266 e. The summed E-state index contributed by atoms with van der Waals surface area (Å²) in [5.41, 5.74) is 10.0. The van der Waals surface area contributed by atoms with Gasteiger partial charge in [0.2, 0.25) is 0 Å². The molecule has 0 aliphatic heterocycles. The van der Waals surface area contributed by atoms with Crippen molar-refractivity contribution in [3.05, 3.63) is 46.3 Å². The normalized spacial score (nSPS) is 18.0. The summed E-state index contributed by atoms with van der Waals surface area (Å²) >= 11 is 0. The number of benzene rings is 1. The quantitative estimate of drug-likeness (QED) is 0.410. The summed E-state index contributed by atoms with van der Waals surface area (Å²) < 4.78 is 0. The van der Waals surface area contributed by atoms with Crippen molar-refractivity contribution in [2.75, 3.05) is 6.54 Å². The van der Waals surface area contributed by atoms with Crippen molar-refractivity contribution in [2.24, 2.45) is 5.11 Å². The zero-order valence-electron chi connectivity index (χ0n) is 9.47. The highest BCUT2D eigenvalue weighted by molar-refractivity contribution is 5.26. The molecule has 1 aromatic rings. The standard InChI is InChI=1S/C13H17N3/c14-16-15-11-10-13(8-4-5-9-13)12-6-2-1-3-7-12/h1-3,6-7H,4-5,8-11H2. The Morgan fingerprint density at radius 1 is 1.19 bits per heavy atom. The van der Waals surface area contributed by atoms with Gasteiger partial charge in [-0.25, -0.2) is 0 Å². The average molecular weight is 215 g/mol. The molecule has 0 N–H and O–H groups in total. The Morgan fingerprint density at radius 3 is 2.50 bits per heavy atom. The molecular formula is C13H17N3. The van der Waals surface area contributed by atoms with Gasteiger partial charge in [-0.05, 0) is 35.8 Å². The second-order valence-corrected chi connectivity index (χ2v) is 4.56. The molecule has 1 saturated carbocycles. The second-order valence-electron chi connectivity index (χ2n) is 4.56. The van der Waals surface area contributed by atoms with Crippen LogP contribution in [0.2, 0.25) is 0 Å². The lowest BCUT2D eigenvalue weighted by atomic mass is 9.76. The SMILES string of the molecule is [N-]=[N+]=NCCC1(c2ccccc2)CCCC1. The second kappa shape index (κ2) is 5.04. The fraction of sp³-hybridized carbons (Fsp3) is 0.538. The lowest BCUT2D eigenvalue weighted by Gasteiger charge is -2.29. The summed E-state index contributed by atoms with van der Waals surface area (Å²) in [7, 11) is 0. The summed E-state index contributed by atoms with van der Waals surface area (Å²) in [4.78, 5) is 2.85. The van der Waals surface area contributed by atoms with Crippen LogP contribution in [-0.4, -0.2) is 6.54 Å². The summed E-state index contributed by atoms with van der Waals surface area (Å²) in [5, 5.41) is 3.69. The van der Waals surface area contributed by atoms with Crippen LogP contribution in [0.4, 0.5) is 0 Å². The van der Waals surface area contributed by atoms with E-state index in [1.165, 1.54) is 31.2 Å². The predicted octanol–water partition coefficient (Wildman–Crippen LogP) is 4.20. The molecule has 2 rings (SSSR count). The molecule has 0 unspecified atom stereocenters. The van der Waals surface area contributed by atoms with Crippen molar-refractivity contribution in [3.63, 3.8) is 0 Å². The van der Waals surface area contributed by atoms with Crippen molar-refractivity contribution in [3.8, 4) is 0 Å². The van der Waals surface area contributed by atoms with Gasteiger partial charge in [-0.2, -0.15) is 0 Å². The lowest BCUT2D eigenvalue weighted by Crippen LogP contribution is -2.22. The maximum absolute atomic E-state index is 8.35. The predicted molar refractivity (Wildman–Crippen MR) is 65.2 cm³/mol. The summed E-state index contributed by atoms with van der Waals surface area (Å²) in [6.07, 6.45) is 6.05. The number of hydrogen-bond donors (Lipinski definition) is 0. The molecule has 0 radical (unpaired) electrons. The van der Waals surface area contributed by atoms with Crippen molar-refractivity contribution in [2.45, 2.75) is 37.5 Å². The van der Waals surface area contributed by atoms with Gasteiger partial charge in [-0.1, -0.05) is 48.3 Å². The summed E-state index contributed by atoms with van der Waals surface area (Å²) in [6, 6.07) is 10.7. The first-order valence-electron chi connectivity index (χ1n) is 5.94. The molecule has 0 spiro atoms. The molecule has 1 aliphatic carbocycles. The summed E-state index contributed by atoms with van der Waals surface area (Å²) in [6.45, 7) is 0.616. The van der Waals surface area contributed by atoms with E-state index in [-0.39, 0.29) is 5.41 Å². The molecule has 3 nitrogen and oxygen atoms in total. The van der Waals surface area contributed by atoms with E-state index in [0.29, 0.717) is 6.54 Å². The highest BCUT2D eigenvalue weighted by atomic mass is 15.1. The van der Waals surface area contributed by atoms with Gasteiger partial charge in [-0.15, -0.1) is 0 Å². The fourth-order valence-corrected chi connectivity index (χ4v) is 2.84. The van der Waals surface area contributed by atoms with Crippen molar-refractivity contribution in [1.82, 2.24) is 0 Å².